The van der Waals surface area contributed by atoms with E-state index >= 15 is 0 Å². The fourth-order valence-electron chi connectivity index (χ4n) is 1.69. The first kappa shape index (κ1) is 16.2. The highest BCUT2D eigenvalue weighted by Gasteiger charge is 2.17. The van der Waals surface area contributed by atoms with Crippen LogP contribution in [0.15, 0.2) is 27.5 Å². The molecule has 0 saturated carbocycles. The standard InChI is InChI=1S/C14H14Br2N2O3/c1-14(2,3)21-11(19)6-20-10-5-8(15)4-9-12(10)17-7-18-13(9)16/h4-5,7H,6H2,1-3H3. The van der Waals surface area contributed by atoms with Gasteiger partial charge < -0.3 is 9.47 Å². The van der Waals surface area contributed by atoms with Gasteiger partial charge in [-0.3, -0.25) is 0 Å². The number of benzene rings is 1. The zero-order chi connectivity index (χ0) is 15.6. The van der Waals surface area contributed by atoms with Crippen molar-refractivity contribution in [2.45, 2.75) is 26.4 Å². The second-order valence-electron chi connectivity index (χ2n) is 5.34. The van der Waals surface area contributed by atoms with Gasteiger partial charge in [-0.25, -0.2) is 14.8 Å². The average Bonchev–Trinajstić information content (AvgIpc) is 2.35. The Morgan fingerprint density at radius 3 is 2.62 bits per heavy atom. The summed E-state index contributed by atoms with van der Waals surface area (Å²) in [5, 5.41) is 0.797. The zero-order valence-corrected chi connectivity index (χ0v) is 15.0. The smallest absolute Gasteiger partial charge is 0.344 e. The molecule has 0 N–H and O–H groups in total. The summed E-state index contributed by atoms with van der Waals surface area (Å²) in [6.07, 6.45) is 1.43. The minimum atomic E-state index is -0.537. The van der Waals surface area contributed by atoms with E-state index in [0.29, 0.717) is 15.9 Å². The quantitative estimate of drug-likeness (QED) is 0.560. The van der Waals surface area contributed by atoms with E-state index in [9.17, 15) is 4.79 Å². The normalized spacial score (nSPS) is 11.5. The molecule has 2 rings (SSSR count). The number of carbonyl (C=O) groups is 1. The van der Waals surface area contributed by atoms with Crippen LogP contribution >= 0.6 is 31.9 Å². The topological polar surface area (TPSA) is 61.3 Å². The van der Waals surface area contributed by atoms with E-state index in [1.54, 1.807) is 6.07 Å². The molecule has 2 aromatic rings. The molecule has 0 unspecified atom stereocenters. The summed E-state index contributed by atoms with van der Waals surface area (Å²) in [7, 11) is 0. The number of nitrogens with zero attached hydrogens (tertiary/aromatic N) is 2. The molecule has 0 aliphatic rings. The highest BCUT2D eigenvalue weighted by molar-refractivity contribution is 9.11. The lowest BCUT2D eigenvalue weighted by atomic mass is 10.2. The fraction of sp³-hybridized carbons (Fsp3) is 0.357. The van der Waals surface area contributed by atoms with Crippen molar-refractivity contribution in [1.82, 2.24) is 9.97 Å². The molecule has 7 heteroatoms. The number of fused-ring (bicyclic) bond motifs is 1. The fourth-order valence-corrected chi connectivity index (χ4v) is 2.52. The van der Waals surface area contributed by atoms with E-state index in [0.717, 1.165) is 9.86 Å². The molecule has 0 fully saturated rings. The van der Waals surface area contributed by atoms with E-state index in [1.807, 2.05) is 26.8 Å². The van der Waals surface area contributed by atoms with Crippen LogP contribution in [0.3, 0.4) is 0 Å². The highest BCUT2D eigenvalue weighted by atomic mass is 79.9. The third kappa shape index (κ3) is 4.38. The van der Waals surface area contributed by atoms with Crippen LogP contribution in [-0.4, -0.2) is 28.1 Å². The monoisotopic (exact) mass is 416 g/mol. The first-order valence-electron chi connectivity index (χ1n) is 6.21. The Kier molecular flexibility index (Phi) is 4.83. The molecule has 1 aromatic carbocycles. The van der Waals surface area contributed by atoms with Crippen molar-refractivity contribution in [2.75, 3.05) is 6.61 Å². The van der Waals surface area contributed by atoms with Gasteiger partial charge in [0.25, 0.3) is 0 Å². The van der Waals surface area contributed by atoms with E-state index in [4.69, 9.17) is 9.47 Å². The lowest BCUT2D eigenvalue weighted by Gasteiger charge is -2.19. The second kappa shape index (κ2) is 6.27. The van der Waals surface area contributed by atoms with Crippen LogP contribution in [0.25, 0.3) is 10.9 Å². The van der Waals surface area contributed by atoms with Gasteiger partial charge in [-0.2, -0.15) is 0 Å². The Morgan fingerprint density at radius 1 is 1.24 bits per heavy atom. The maximum Gasteiger partial charge on any atom is 0.344 e. The molecule has 0 atom stereocenters. The van der Waals surface area contributed by atoms with Gasteiger partial charge in [0.2, 0.25) is 0 Å². The number of hydrogen-bond donors (Lipinski definition) is 0. The van der Waals surface area contributed by atoms with Crippen molar-refractivity contribution in [1.29, 1.82) is 0 Å². The van der Waals surface area contributed by atoms with Gasteiger partial charge in [-0.1, -0.05) is 15.9 Å². The van der Waals surface area contributed by atoms with Crippen molar-refractivity contribution in [3.8, 4) is 5.75 Å². The number of ether oxygens (including phenoxy) is 2. The maximum atomic E-state index is 11.7. The summed E-state index contributed by atoms with van der Waals surface area (Å²) < 4.78 is 12.2. The van der Waals surface area contributed by atoms with Gasteiger partial charge in [0, 0.05) is 9.86 Å². The maximum absolute atomic E-state index is 11.7. The van der Waals surface area contributed by atoms with Crippen LogP contribution in [0.4, 0.5) is 0 Å². The number of esters is 1. The first-order chi connectivity index (χ1) is 9.76. The summed E-state index contributed by atoms with van der Waals surface area (Å²) in [6, 6.07) is 3.63. The van der Waals surface area contributed by atoms with Crippen LogP contribution in [0, 0.1) is 0 Å². The van der Waals surface area contributed by atoms with Gasteiger partial charge in [0.15, 0.2) is 6.61 Å². The Labute approximate surface area is 139 Å². The largest absolute Gasteiger partial charge is 0.480 e. The van der Waals surface area contributed by atoms with Crippen molar-refractivity contribution in [3.05, 3.63) is 27.5 Å². The Bertz CT molecular complexity index is 684. The molecule has 0 saturated heterocycles. The molecule has 0 radical (unpaired) electrons. The zero-order valence-electron chi connectivity index (χ0n) is 11.8. The number of carbonyl (C=O) groups excluding carboxylic acids is 1. The predicted octanol–water partition coefficient (Wildman–Crippen LogP) is 3.88. The van der Waals surface area contributed by atoms with Crippen molar-refractivity contribution < 1.29 is 14.3 Å². The lowest BCUT2D eigenvalue weighted by molar-refractivity contribution is -0.157. The number of rotatable bonds is 3. The number of hydrogen-bond acceptors (Lipinski definition) is 5. The first-order valence-corrected chi connectivity index (χ1v) is 7.79. The molecule has 0 spiro atoms. The van der Waals surface area contributed by atoms with Crippen molar-refractivity contribution >= 4 is 48.7 Å². The van der Waals surface area contributed by atoms with Crippen LogP contribution in [0.5, 0.6) is 5.75 Å². The lowest BCUT2D eigenvalue weighted by Crippen LogP contribution is -2.27. The Balaban J connectivity index is 2.23. The number of aromatic nitrogens is 2. The van der Waals surface area contributed by atoms with E-state index in [2.05, 4.69) is 41.8 Å². The minimum absolute atomic E-state index is 0.176. The number of halogens is 2. The van der Waals surface area contributed by atoms with Gasteiger partial charge >= 0.3 is 5.97 Å². The molecular weight excluding hydrogens is 404 g/mol. The van der Waals surface area contributed by atoms with Gasteiger partial charge in [-0.05, 0) is 48.8 Å². The molecule has 1 aromatic heterocycles. The average molecular weight is 418 g/mol. The van der Waals surface area contributed by atoms with Crippen LogP contribution in [0.1, 0.15) is 20.8 Å². The van der Waals surface area contributed by atoms with Gasteiger partial charge in [0.05, 0.1) is 0 Å². The van der Waals surface area contributed by atoms with E-state index in [1.165, 1.54) is 6.33 Å². The van der Waals surface area contributed by atoms with Gasteiger partial charge in [-0.15, -0.1) is 0 Å². The molecule has 1 heterocycles. The Morgan fingerprint density at radius 2 is 1.95 bits per heavy atom. The van der Waals surface area contributed by atoms with Crippen LogP contribution in [0.2, 0.25) is 0 Å². The minimum Gasteiger partial charge on any atom is -0.480 e. The predicted molar refractivity (Wildman–Crippen MR) is 86.3 cm³/mol. The summed E-state index contributed by atoms with van der Waals surface area (Å²) in [5.41, 5.74) is 0.0916. The molecule has 112 valence electrons. The summed E-state index contributed by atoms with van der Waals surface area (Å²) in [6.45, 7) is 5.25. The third-order valence-corrected chi connectivity index (χ3v) is 3.48. The molecule has 0 aliphatic heterocycles. The molecule has 5 nitrogen and oxygen atoms in total. The highest BCUT2D eigenvalue weighted by Crippen LogP contribution is 2.31. The summed E-state index contributed by atoms with van der Waals surface area (Å²) in [4.78, 5) is 20.0. The molecular formula is C14H14Br2N2O3. The van der Waals surface area contributed by atoms with Gasteiger partial charge in [0.1, 0.15) is 27.8 Å². The van der Waals surface area contributed by atoms with Crippen molar-refractivity contribution in [2.24, 2.45) is 0 Å². The Hall–Kier alpha value is -1.21. The van der Waals surface area contributed by atoms with E-state index < -0.39 is 11.6 Å². The second-order valence-corrected chi connectivity index (χ2v) is 7.01. The molecule has 21 heavy (non-hydrogen) atoms. The third-order valence-electron chi connectivity index (χ3n) is 2.39. The molecule has 0 aliphatic carbocycles. The summed E-state index contributed by atoms with van der Waals surface area (Å²) >= 11 is 6.77. The van der Waals surface area contributed by atoms with Crippen molar-refractivity contribution in [3.63, 3.8) is 0 Å². The van der Waals surface area contributed by atoms with E-state index in [-0.39, 0.29) is 6.61 Å². The summed E-state index contributed by atoms with van der Waals surface area (Å²) in [5.74, 6) is 0.0667. The van der Waals surface area contributed by atoms with Crippen LogP contribution in [-0.2, 0) is 9.53 Å². The molecule has 0 amide bonds. The SMILES string of the molecule is CC(C)(C)OC(=O)COc1cc(Br)cc2c(Br)ncnc12. The van der Waals surface area contributed by atoms with Crippen LogP contribution < -0.4 is 4.74 Å². The molecule has 0 bridgehead atoms.